The number of halogens is 1. The average Bonchev–Trinajstić information content (AvgIpc) is 1.96. The lowest BCUT2D eigenvalue weighted by Crippen LogP contribution is -2.19. The molecule has 0 saturated heterocycles. The van der Waals surface area contributed by atoms with E-state index in [0.29, 0.717) is 12.3 Å². The minimum atomic E-state index is -0.435. The molecule has 1 atom stereocenters. The Balaban J connectivity index is 3.95. The highest BCUT2D eigenvalue weighted by Gasteiger charge is 2.18. The van der Waals surface area contributed by atoms with Crippen LogP contribution in [0.5, 0.6) is 0 Å². The van der Waals surface area contributed by atoms with Gasteiger partial charge >= 0.3 is 5.97 Å². The fraction of sp³-hybridized carbons (Fsp3) is 0.778. The lowest BCUT2D eigenvalue weighted by molar-refractivity contribution is -0.143. The van der Waals surface area contributed by atoms with Crippen molar-refractivity contribution in [1.82, 2.24) is 0 Å². The largest absolute Gasteiger partial charge is 0.465 e. The number of carbonyl (C=O) groups is 2. The van der Waals surface area contributed by atoms with Crippen molar-refractivity contribution in [3.05, 3.63) is 0 Å². The summed E-state index contributed by atoms with van der Waals surface area (Å²) in [5.74, 6) is -0.388. The maximum Gasteiger partial charge on any atom is 0.302 e. The quantitative estimate of drug-likeness (QED) is 0.510. The molecule has 0 aromatic carbocycles. The molecular formula is C9H15ClO3. The summed E-state index contributed by atoms with van der Waals surface area (Å²) in [6, 6.07) is 0. The van der Waals surface area contributed by atoms with Crippen molar-refractivity contribution in [2.45, 2.75) is 27.2 Å². The molecule has 0 fully saturated rings. The molecule has 0 bridgehead atoms. The van der Waals surface area contributed by atoms with Gasteiger partial charge < -0.3 is 4.74 Å². The molecule has 0 aliphatic carbocycles. The van der Waals surface area contributed by atoms with Crippen LogP contribution in [0.4, 0.5) is 0 Å². The maximum absolute atomic E-state index is 10.9. The Morgan fingerprint density at radius 3 is 2.23 bits per heavy atom. The first-order valence-corrected chi connectivity index (χ1v) is 4.64. The summed E-state index contributed by atoms with van der Waals surface area (Å²) in [7, 11) is 0. The van der Waals surface area contributed by atoms with Crippen LogP contribution in [-0.2, 0) is 14.3 Å². The van der Waals surface area contributed by atoms with Gasteiger partial charge in [-0.05, 0) is 23.9 Å². The van der Waals surface area contributed by atoms with E-state index in [9.17, 15) is 9.59 Å². The molecule has 4 heteroatoms. The van der Waals surface area contributed by atoms with E-state index in [1.807, 2.05) is 13.8 Å². The van der Waals surface area contributed by atoms with Crippen molar-refractivity contribution in [1.29, 1.82) is 0 Å². The molecule has 0 rings (SSSR count). The van der Waals surface area contributed by atoms with Crippen molar-refractivity contribution in [2.24, 2.45) is 11.8 Å². The predicted octanol–water partition coefficient (Wildman–Crippen LogP) is 1.98. The Morgan fingerprint density at radius 2 is 1.92 bits per heavy atom. The average molecular weight is 207 g/mol. The number of esters is 1. The van der Waals surface area contributed by atoms with Gasteiger partial charge in [-0.25, -0.2) is 0 Å². The molecule has 0 amide bonds. The van der Waals surface area contributed by atoms with Crippen LogP contribution in [0, 0.1) is 11.8 Å². The molecule has 0 saturated carbocycles. The van der Waals surface area contributed by atoms with Gasteiger partial charge in [-0.15, -0.1) is 0 Å². The molecule has 3 nitrogen and oxygen atoms in total. The molecule has 0 aromatic heterocycles. The van der Waals surface area contributed by atoms with Gasteiger partial charge in [-0.3, -0.25) is 9.59 Å². The molecule has 0 aromatic rings. The number of hydrogen-bond acceptors (Lipinski definition) is 3. The second-order valence-electron chi connectivity index (χ2n) is 3.43. The van der Waals surface area contributed by atoms with E-state index in [1.54, 1.807) is 0 Å². The van der Waals surface area contributed by atoms with Gasteiger partial charge in [0, 0.05) is 6.92 Å². The summed E-state index contributed by atoms with van der Waals surface area (Å²) in [6.07, 6.45) is 0.648. The van der Waals surface area contributed by atoms with E-state index < -0.39 is 5.24 Å². The van der Waals surface area contributed by atoms with Crippen LogP contribution in [0.25, 0.3) is 0 Å². The lowest BCUT2D eigenvalue weighted by atomic mass is 9.99. The molecule has 13 heavy (non-hydrogen) atoms. The first kappa shape index (κ1) is 12.4. The Hall–Kier alpha value is -0.570. The van der Waals surface area contributed by atoms with Crippen molar-refractivity contribution >= 4 is 22.8 Å². The summed E-state index contributed by atoms with van der Waals surface area (Å²) >= 11 is 5.34. The fourth-order valence-electron chi connectivity index (χ4n) is 1.01. The van der Waals surface area contributed by atoms with E-state index in [4.69, 9.17) is 16.3 Å². The van der Waals surface area contributed by atoms with Crippen LogP contribution in [0.3, 0.4) is 0 Å². The Labute approximate surface area is 83.4 Å². The normalized spacial score (nSPS) is 12.7. The van der Waals surface area contributed by atoms with Crippen LogP contribution >= 0.6 is 11.6 Å². The van der Waals surface area contributed by atoms with Crippen LogP contribution in [-0.4, -0.2) is 17.8 Å². The van der Waals surface area contributed by atoms with Gasteiger partial charge in [0.25, 0.3) is 0 Å². The van der Waals surface area contributed by atoms with Gasteiger partial charge in [0.1, 0.15) is 6.61 Å². The van der Waals surface area contributed by atoms with Crippen molar-refractivity contribution in [3.8, 4) is 0 Å². The zero-order chi connectivity index (χ0) is 10.4. The summed E-state index contributed by atoms with van der Waals surface area (Å²) in [6.45, 7) is 5.38. The number of ether oxygens (including phenoxy) is 1. The monoisotopic (exact) mass is 206 g/mol. The van der Waals surface area contributed by atoms with Gasteiger partial charge in [0.15, 0.2) is 0 Å². The Morgan fingerprint density at radius 1 is 1.38 bits per heavy atom. The van der Waals surface area contributed by atoms with E-state index in [1.165, 1.54) is 6.92 Å². The highest BCUT2D eigenvalue weighted by molar-refractivity contribution is 6.64. The highest BCUT2D eigenvalue weighted by Crippen LogP contribution is 2.15. The molecular weight excluding hydrogens is 192 g/mol. The lowest BCUT2D eigenvalue weighted by Gasteiger charge is -2.13. The number of carbonyl (C=O) groups excluding carboxylic acids is 2. The molecule has 0 N–H and O–H groups in total. The van der Waals surface area contributed by atoms with E-state index >= 15 is 0 Å². The van der Waals surface area contributed by atoms with Crippen molar-refractivity contribution in [2.75, 3.05) is 6.61 Å². The fourth-order valence-corrected chi connectivity index (χ4v) is 1.17. The van der Waals surface area contributed by atoms with Crippen molar-refractivity contribution < 1.29 is 14.3 Å². The Kier molecular flexibility index (Phi) is 5.71. The highest BCUT2D eigenvalue weighted by atomic mass is 35.5. The maximum atomic E-state index is 10.9. The van der Waals surface area contributed by atoms with Gasteiger partial charge in [0.2, 0.25) is 5.24 Å². The molecule has 0 aliphatic rings. The number of rotatable bonds is 5. The van der Waals surface area contributed by atoms with Crippen LogP contribution in [0.15, 0.2) is 0 Å². The zero-order valence-corrected chi connectivity index (χ0v) is 8.93. The third-order valence-corrected chi connectivity index (χ3v) is 1.87. The topological polar surface area (TPSA) is 43.4 Å². The van der Waals surface area contributed by atoms with Gasteiger partial charge in [-0.1, -0.05) is 13.8 Å². The van der Waals surface area contributed by atoms with E-state index in [0.717, 1.165) is 0 Å². The zero-order valence-electron chi connectivity index (χ0n) is 8.17. The van der Waals surface area contributed by atoms with Crippen LogP contribution in [0.2, 0.25) is 0 Å². The van der Waals surface area contributed by atoms with Crippen LogP contribution in [0.1, 0.15) is 27.2 Å². The molecule has 1 unspecified atom stereocenters. The minimum absolute atomic E-state index is 0.0931. The summed E-state index contributed by atoms with van der Waals surface area (Å²) < 4.78 is 4.72. The van der Waals surface area contributed by atoms with Gasteiger partial charge in [-0.2, -0.15) is 0 Å². The second kappa shape index (κ2) is 5.97. The first-order valence-electron chi connectivity index (χ1n) is 4.26. The summed E-state index contributed by atoms with van der Waals surface area (Å²) in [5.41, 5.74) is 0. The van der Waals surface area contributed by atoms with Gasteiger partial charge in [0.05, 0.1) is 5.92 Å². The molecule has 0 heterocycles. The molecule has 0 spiro atoms. The standard InChI is InChI=1S/C9H15ClO3/c1-6(2)4-8(9(10)12)5-13-7(3)11/h6,8H,4-5H2,1-3H3. The minimum Gasteiger partial charge on any atom is -0.465 e. The van der Waals surface area contributed by atoms with Crippen LogP contribution < -0.4 is 0 Å². The summed E-state index contributed by atoms with van der Waals surface area (Å²) in [5, 5.41) is -0.435. The summed E-state index contributed by atoms with van der Waals surface area (Å²) in [4.78, 5) is 21.3. The predicted molar refractivity (Wildman–Crippen MR) is 50.4 cm³/mol. The third-order valence-electron chi connectivity index (χ3n) is 1.56. The third kappa shape index (κ3) is 6.58. The number of hydrogen-bond donors (Lipinski definition) is 0. The second-order valence-corrected chi connectivity index (χ2v) is 3.81. The van der Waals surface area contributed by atoms with E-state index in [-0.39, 0.29) is 18.5 Å². The molecule has 0 radical (unpaired) electrons. The smallest absolute Gasteiger partial charge is 0.302 e. The molecule has 0 aliphatic heterocycles. The van der Waals surface area contributed by atoms with Crippen molar-refractivity contribution in [3.63, 3.8) is 0 Å². The SMILES string of the molecule is CC(=O)OCC(CC(C)C)C(=O)Cl. The molecule has 76 valence electrons. The van der Waals surface area contributed by atoms with E-state index in [2.05, 4.69) is 0 Å². The first-order chi connectivity index (χ1) is 5.93. The Bertz CT molecular complexity index is 189.